The standard InChI is InChI=1S/C28H22O3/c1-29-27-17-15-21(23-11-3-5-13-25(23)27)9-7-19-31-20-8-10-22-16-18-28(30-2)26-14-6-4-12-24(22)26/h3-6,11-18H,19-20H2,1-2H3. The molecule has 0 unspecified atom stereocenters. The molecule has 0 bridgehead atoms. The largest absolute Gasteiger partial charge is 0.496 e. The van der Waals surface area contributed by atoms with E-state index in [9.17, 15) is 0 Å². The molecular formula is C28H22O3. The van der Waals surface area contributed by atoms with Crippen molar-refractivity contribution in [2.45, 2.75) is 0 Å². The van der Waals surface area contributed by atoms with Crippen molar-refractivity contribution in [2.75, 3.05) is 27.4 Å². The smallest absolute Gasteiger partial charge is 0.126 e. The summed E-state index contributed by atoms with van der Waals surface area (Å²) in [6, 6.07) is 24.0. The van der Waals surface area contributed by atoms with E-state index < -0.39 is 0 Å². The van der Waals surface area contributed by atoms with E-state index in [1.54, 1.807) is 14.2 Å². The molecule has 4 aromatic carbocycles. The molecule has 0 heterocycles. The van der Waals surface area contributed by atoms with Gasteiger partial charge in [-0.2, -0.15) is 0 Å². The lowest BCUT2D eigenvalue weighted by Crippen LogP contribution is -1.92. The van der Waals surface area contributed by atoms with Gasteiger partial charge in [-0.3, -0.25) is 0 Å². The predicted octanol–water partition coefficient (Wildman–Crippen LogP) is 5.43. The minimum Gasteiger partial charge on any atom is -0.496 e. The summed E-state index contributed by atoms with van der Waals surface area (Å²) in [4.78, 5) is 0. The van der Waals surface area contributed by atoms with Crippen molar-refractivity contribution >= 4 is 21.5 Å². The second kappa shape index (κ2) is 9.72. The quantitative estimate of drug-likeness (QED) is 0.334. The summed E-state index contributed by atoms with van der Waals surface area (Å²) in [5.41, 5.74) is 1.91. The maximum absolute atomic E-state index is 5.59. The summed E-state index contributed by atoms with van der Waals surface area (Å²) in [5.74, 6) is 14.2. The van der Waals surface area contributed by atoms with Crippen LogP contribution in [0.25, 0.3) is 21.5 Å². The van der Waals surface area contributed by atoms with Crippen LogP contribution >= 0.6 is 0 Å². The zero-order chi connectivity index (χ0) is 21.5. The fourth-order valence-electron chi connectivity index (χ4n) is 3.53. The number of hydrogen-bond acceptors (Lipinski definition) is 3. The summed E-state index contributed by atoms with van der Waals surface area (Å²) in [5, 5.41) is 4.24. The van der Waals surface area contributed by atoms with Gasteiger partial charge >= 0.3 is 0 Å². The van der Waals surface area contributed by atoms with E-state index in [1.807, 2.05) is 72.8 Å². The van der Waals surface area contributed by atoms with Crippen molar-refractivity contribution in [3.05, 3.63) is 83.9 Å². The first-order chi connectivity index (χ1) is 15.3. The zero-order valence-corrected chi connectivity index (χ0v) is 17.6. The van der Waals surface area contributed by atoms with Crippen LogP contribution in [-0.2, 0) is 4.74 Å². The van der Waals surface area contributed by atoms with Gasteiger partial charge in [0.1, 0.15) is 24.7 Å². The summed E-state index contributed by atoms with van der Waals surface area (Å²) in [6.45, 7) is 0.636. The third-order valence-corrected chi connectivity index (χ3v) is 5.00. The van der Waals surface area contributed by atoms with Gasteiger partial charge in [-0.1, -0.05) is 72.2 Å². The van der Waals surface area contributed by atoms with Crippen molar-refractivity contribution in [3.8, 4) is 35.2 Å². The van der Waals surface area contributed by atoms with Gasteiger partial charge in [-0.15, -0.1) is 0 Å². The SMILES string of the molecule is COc1ccc(C#CCOCC#Cc2ccc(OC)c3ccccc23)c2ccccc12. The molecule has 0 N–H and O–H groups in total. The minimum atomic E-state index is 0.318. The van der Waals surface area contributed by atoms with Crippen molar-refractivity contribution in [3.63, 3.8) is 0 Å². The highest BCUT2D eigenvalue weighted by atomic mass is 16.5. The number of methoxy groups -OCH3 is 2. The molecule has 4 rings (SSSR count). The van der Waals surface area contributed by atoms with Gasteiger partial charge < -0.3 is 14.2 Å². The Kier molecular flexibility index (Phi) is 6.38. The molecule has 0 aliphatic heterocycles. The van der Waals surface area contributed by atoms with Gasteiger partial charge in [-0.25, -0.2) is 0 Å². The zero-order valence-electron chi connectivity index (χ0n) is 17.6. The van der Waals surface area contributed by atoms with E-state index in [2.05, 4.69) is 23.7 Å². The van der Waals surface area contributed by atoms with Crippen molar-refractivity contribution in [1.82, 2.24) is 0 Å². The van der Waals surface area contributed by atoms with E-state index >= 15 is 0 Å². The Morgan fingerprint density at radius 1 is 0.548 bits per heavy atom. The molecule has 0 radical (unpaired) electrons. The van der Waals surface area contributed by atoms with Gasteiger partial charge in [-0.05, 0) is 24.3 Å². The second-order valence-corrected chi connectivity index (χ2v) is 6.82. The van der Waals surface area contributed by atoms with Crippen LogP contribution in [0.15, 0.2) is 72.8 Å². The molecule has 0 spiro atoms. The Morgan fingerprint density at radius 3 is 1.39 bits per heavy atom. The molecule has 0 amide bonds. The average molecular weight is 406 g/mol. The molecule has 0 aliphatic carbocycles. The topological polar surface area (TPSA) is 27.7 Å². The van der Waals surface area contributed by atoms with E-state index in [0.29, 0.717) is 13.2 Å². The van der Waals surface area contributed by atoms with E-state index in [1.165, 1.54) is 0 Å². The Morgan fingerprint density at radius 2 is 0.968 bits per heavy atom. The third kappa shape index (κ3) is 4.48. The Bertz CT molecular complexity index is 1240. The van der Waals surface area contributed by atoms with Crippen LogP contribution in [0.5, 0.6) is 11.5 Å². The van der Waals surface area contributed by atoms with Crippen LogP contribution < -0.4 is 9.47 Å². The molecule has 31 heavy (non-hydrogen) atoms. The fraction of sp³-hybridized carbons (Fsp3) is 0.143. The molecular weight excluding hydrogens is 384 g/mol. The number of fused-ring (bicyclic) bond motifs is 2. The van der Waals surface area contributed by atoms with Crippen LogP contribution in [0.3, 0.4) is 0 Å². The summed E-state index contributed by atoms with van der Waals surface area (Å²) < 4.78 is 16.5. The number of rotatable bonds is 4. The predicted molar refractivity (Wildman–Crippen MR) is 126 cm³/mol. The monoisotopic (exact) mass is 406 g/mol. The van der Waals surface area contributed by atoms with E-state index in [4.69, 9.17) is 14.2 Å². The molecule has 0 saturated heterocycles. The highest BCUT2D eigenvalue weighted by molar-refractivity contribution is 5.93. The third-order valence-electron chi connectivity index (χ3n) is 5.00. The van der Waals surface area contributed by atoms with Crippen molar-refractivity contribution in [2.24, 2.45) is 0 Å². The van der Waals surface area contributed by atoms with Gasteiger partial charge in [0.05, 0.1) is 14.2 Å². The van der Waals surface area contributed by atoms with Crippen LogP contribution in [0.1, 0.15) is 11.1 Å². The lowest BCUT2D eigenvalue weighted by Gasteiger charge is -2.06. The first-order valence-corrected chi connectivity index (χ1v) is 9.99. The van der Waals surface area contributed by atoms with Crippen LogP contribution in [-0.4, -0.2) is 27.4 Å². The highest BCUT2D eigenvalue weighted by Crippen LogP contribution is 2.28. The van der Waals surface area contributed by atoms with Gasteiger partial charge in [0.15, 0.2) is 0 Å². The first kappa shape index (κ1) is 20.4. The Hall–Kier alpha value is -3.92. The van der Waals surface area contributed by atoms with Crippen LogP contribution in [0, 0.1) is 23.7 Å². The van der Waals surface area contributed by atoms with Crippen molar-refractivity contribution < 1.29 is 14.2 Å². The second-order valence-electron chi connectivity index (χ2n) is 6.82. The van der Waals surface area contributed by atoms with Crippen LogP contribution in [0.2, 0.25) is 0 Å². The molecule has 3 nitrogen and oxygen atoms in total. The highest BCUT2D eigenvalue weighted by Gasteiger charge is 2.04. The molecule has 0 aliphatic rings. The summed E-state index contributed by atoms with van der Waals surface area (Å²) in [6.07, 6.45) is 0. The maximum Gasteiger partial charge on any atom is 0.126 e. The van der Waals surface area contributed by atoms with E-state index in [-0.39, 0.29) is 0 Å². The molecule has 3 heteroatoms. The summed E-state index contributed by atoms with van der Waals surface area (Å²) >= 11 is 0. The van der Waals surface area contributed by atoms with Crippen LogP contribution in [0.4, 0.5) is 0 Å². The number of ether oxygens (including phenoxy) is 3. The van der Waals surface area contributed by atoms with Crippen molar-refractivity contribution in [1.29, 1.82) is 0 Å². The number of benzene rings is 4. The maximum atomic E-state index is 5.59. The van der Waals surface area contributed by atoms with Gasteiger partial charge in [0.25, 0.3) is 0 Å². The molecule has 0 atom stereocenters. The Labute approximate surface area is 182 Å². The molecule has 0 saturated carbocycles. The Balaban J connectivity index is 1.42. The molecule has 0 aromatic heterocycles. The molecule has 0 fully saturated rings. The number of hydrogen-bond donors (Lipinski definition) is 0. The molecule has 4 aromatic rings. The lowest BCUT2D eigenvalue weighted by molar-refractivity contribution is 0.204. The minimum absolute atomic E-state index is 0.318. The van der Waals surface area contributed by atoms with E-state index in [0.717, 1.165) is 44.2 Å². The van der Waals surface area contributed by atoms with Gasteiger partial charge in [0, 0.05) is 32.7 Å². The normalized spacial score (nSPS) is 10.1. The molecule has 152 valence electrons. The van der Waals surface area contributed by atoms with Gasteiger partial charge in [0.2, 0.25) is 0 Å². The fourth-order valence-corrected chi connectivity index (χ4v) is 3.53. The summed E-state index contributed by atoms with van der Waals surface area (Å²) in [7, 11) is 3.35. The first-order valence-electron chi connectivity index (χ1n) is 9.99. The average Bonchev–Trinajstić information content (AvgIpc) is 2.83. The lowest BCUT2D eigenvalue weighted by atomic mass is 10.0.